The summed E-state index contributed by atoms with van der Waals surface area (Å²) in [5.74, 6) is 0.706. The van der Waals surface area contributed by atoms with Crippen molar-refractivity contribution in [2.45, 2.75) is 19.6 Å². The molecule has 0 unspecified atom stereocenters. The number of nitro groups is 1. The van der Waals surface area contributed by atoms with Crippen molar-refractivity contribution in [3.05, 3.63) is 68.2 Å². The molecule has 21 heavy (non-hydrogen) atoms. The molecule has 0 saturated carbocycles. The fourth-order valence-corrected chi connectivity index (χ4v) is 2.22. The molecule has 0 saturated heterocycles. The molecule has 5 nitrogen and oxygen atoms in total. The predicted octanol–water partition coefficient (Wildman–Crippen LogP) is 3.96. The molecule has 2 aromatic rings. The number of nitro benzene ring substituents is 1. The Balaban J connectivity index is 2.12. The van der Waals surface area contributed by atoms with Crippen LogP contribution in [0.1, 0.15) is 24.1 Å². The van der Waals surface area contributed by atoms with E-state index in [-0.39, 0.29) is 11.7 Å². The van der Waals surface area contributed by atoms with Crippen molar-refractivity contribution >= 4 is 21.6 Å². The zero-order chi connectivity index (χ0) is 15.4. The Morgan fingerprint density at radius 2 is 1.95 bits per heavy atom. The largest absolute Gasteiger partial charge is 0.489 e. The Morgan fingerprint density at radius 3 is 2.52 bits per heavy atom. The van der Waals surface area contributed by atoms with Crippen molar-refractivity contribution in [3.63, 3.8) is 0 Å². The molecular formula is C15H15BrN2O3. The van der Waals surface area contributed by atoms with Gasteiger partial charge in [-0.2, -0.15) is 0 Å². The number of halogens is 1. The SMILES string of the molecule is C[C@H](N)c1ccc(Br)cc1OCc1ccc([N+](=O)[O-])cc1. The van der Waals surface area contributed by atoms with E-state index in [4.69, 9.17) is 10.5 Å². The molecular weight excluding hydrogens is 336 g/mol. The van der Waals surface area contributed by atoms with Crippen molar-refractivity contribution in [1.29, 1.82) is 0 Å². The topological polar surface area (TPSA) is 78.4 Å². The molecule has 0 aliphatic rings. The van der Waals surface area contributed by atoms with Crippen LogP contribution in [0.25, 0.3) is 0 Å². The van der Waals surface area contributed by atoms with E-state index in [0.717, 1.165) is 15.6 Å². The number of nitrogens with zero attached hydrogens (tertiary/aromatic N) is 1. The molecule has 2 rings (SSSR count). The van der Waals surface area contributed by atoms with E-state index in [1.807, 2.05) is 25.1 Å². The van der Waals surface area contributed by atoms with Gasteiger partial charge in [-0.05, 0) is 36.8 Å². The van der Waals surface area contributed by atoms with Crippen LogP contribution in [-0.4, -0.2) is 4.92 Å². The molecule has 0 spiro atoms. The van der Waals surface area contributed by atoms with Gasteiger partial charge in [-0.1, -0.05) is 22.0 Å². The first kappa shape index (κ1) is 15.5. The summed E-state index contributed by atoms with van der Waals surface area (Å²) in [4.78, 5) is 10.2. The molecule has 0 heterocycles. The molecule has 0 radical (unpaired) electrons. The van der Waals surface area contributed by atoms with Gasteiger partial charge in [0, 0.05) is 28.2 Å². The minimum atomic E-state index is -0.423. The van der Waals surface area contributed by atoms with Crippen LogP contribution in [0.4, 0.5) is 5.69 Å². The highest BCUT2D eigenvalue weighted by Gasteiger charge is 2.10. The summed E-state index contributed by atoms with van der Waals surface area (Å²) >= 11 is 3.40. The third-order valence-corrected chi connectivity index (χ3v) is 3.50. The number of nitrogens with two attached hydrogens (primary N) is 1. The lowest BCUT2D eigenvalue weighted by Gasteiger charge is -2.14. The second-order valence-electron chi connectivity index (χ2n) is 4.68. The maximum atomic E-state index is 10.6. The average Bonchev–Trinajstić information content (AvgIpc) is 2.45. The summed E-state index contributed by atoms with van der Waals surface area (Å²) in [6, 6.07) is 11.9. The van der Waals surface area contributed by atoms with Crippen LogP contribution in [0, 0.1) is 10.1 Å². The van der Waals surface area contributed by atoms with Crippen molar-refractivity contribution in [2.24, 2.45) is 5.73 Å². The predicted molar refractivity (Wildman–Crippen MR) is 84.2 cm³/mol. The average molecular weight is 351 g/mol. The quantitative estimate of drug-likeness (QED) is 0.653. The van der Waals surface area contributed by atoms with E-state index in [1.54, 1.807) is 12.1 Å². The van der Waals surface area contributed by atoms with Crippen LogP contribution in [0.15, 0.2) is 46.9 Å². The van der Waals surface area contributed by atoms with E-state index >= 15 is 0 Å². The van der Waals surface area contributed by atoms with Gasteiger partial charge < -0.3 is 10.5 Å². The highest BCUT2D eigenvalue weighted by Crippen LogP contribution is 2.28. The number of ether oxygens (including phenoxy) is 1. The Labute approximate surface area is 131 Å². The summed E-state index contributed by atoms with van der Waals surface area (Å²) in [6.45, 7) is 2.22. The lowest BCUT2D eigenvalue weighted by atomic mass is 10.1. The minimum absolute atomic E-state index is 0.0671. The van der Waals surface area contributed by atoms with Crippen LogP contribution >= 0.6 is 15.9 Å². The van der Waals surface area contributed by atoms with Crippen molar-refractivity contribution in [2.75, 3.05) is 0 Å². The van der Waals surface area contributed by atoms with Gasteiger partial charge in [-0.3, -0.25) is 10.1 Å². The number of rotatable bonds is 5. The Hall–Kier alpha value is -1.92. The van der Waals surface area contributed by atoms with Crippen molar-refractivity contribution < 1.29 is 9.66 Å². The van der Waals surface area contributed by atoms with Gasteiger partial charge in [-0.25, -0.2) is 0 Å². The molecule has 2 aromatic carbocycles. The summed E-state index contributed by atoms with van der Waals surface area (Å²) in [6.07, 6.45) is 0. The van der Waals surface area contributed by atoms with Gasteiger partial charge in [0.15, 0.2) is 0 Å². The molecule has 110 valence electrons. The van der Waals surface area contributed by atoms with Gasteiger partial charge >= 0.3 is 0 Å². The Bertz CT molecular complexity index is 642. The first-order chi connectivity index (χ1) is 9.97. The summed E-state index contributed by atoms with van der Waals surface area (Å²) in [5.41, 5.74) is 7.76. The van der Waals surface area contributed by atoms with Crippen LogP contribution in [0.3, 0.4) is 0 Å². The van der Waals surface area contributed by atoms with Crippen molar-refractivity contribution in [3.8, 4) is 5.75 Å². The second kappa shape index (κ2) is 6.69. The molecule has 1 atom stereocenters. The van der Waals surface area contributed by atoms with Crippen LogP contribution in [0.2, 0.25) is 0 Å². The first-order valence-corrected chi connectivity index (χ1v) is 7.18. The molecule has 0 amide bonds. The molecule has 0 aliphatic carbocycles. The van der Waals surface area contributed by atoms with Crippen LogP contribution in [-0.2, 0) is 6.61 Å². The van der Waals surface area contributed by atoms with E-state index in [0.29, 0.717) is 12.4 Å². The zero-order valence-corrected chi connectivity index (χ0v) is 13.0. The zero-order valence-electron chi connectivity index (χ0n) is 11.5. The lowest BCUT2D eigenvalue weighted by Crippen LogP contribution is -2.08. The molecule has 0 fully saturated rings. The normalized spacial score (nSPS) is 12.0. The molecule has 2 N–H and O–H groups in total. The lowest BCUT2D eigenvalue weighted by molar-refractivity contribution is -0.384. The van der Waals surface area contributed by atoms with Crippen LogP contribution in [0.5, 0.6) is 5.75 Å². The molecule has 6 heteroatoms. The highest BCUT2D eigenvalue weighted by atomic mass is 79.9. The highest BCUT2D eigenvalue weighted by molar-refractivity contribution is 9.10. The molecule has 0 bridgehead atoms. The maximum Gasteiger partial charge on any atom is 0.269 e. The van der Waals surface area contributed by atoms with Gasteiger partial charge in [0.05, 0.1) is 4.92 Å². The monoisotopic (exact) mass is 350 g/mol. The van der Waals surface area contributed by atoms with Gasteiger partial charge in [-0.15, -0.1) is 0 Å². The van der Waals surface area contributed by atoms with E-state index in [2.05, 4.69) is 15.9 Å². The number of hydrogen-bond acceptors (Lipinski definition) is 4. The third-order valence-electron chi connectivity index (χ3n) is 3.01. The smallest absolute Gasteiger partial charge is 0.269 e. The van der Waals surface area contributed by atoms with E-state index < -0.39 is 4.92 Å². The van der Waals surface area contributed by atoms with E-state index in [9.17, 15) is 10.1 Å². The fraction of sp³-hybridized carbons (Fsp3) is 0.200. The molecule has 0 aliphatic heterocycles. The van der Waals surface area contributed by atoms with Crippen LogP contribution < -0.4 is 10.5 Å². The van der Waals surface area contributed by atoms with E-state index in [1.165, 1.54) is 12.1 Å². The second-order valence-corrected chi connectivity index (χ2v) is 5.60. The number of benzene rings is 2. The van der Waals surface area contributed by atoms with Crippen molar-refractivity contribution in [1.82, 2.24) is 0 Å². The van der Waals surface area contributed by atoms with Gasteiger partial charge in [0.2, 0.25) is 0 Å². The Morgan fingerprint density at radius 1 is 1.29 bits per heavy atom. The molecule has 0 aromatic heterocycles. The fourth-order valence-electron chi connectivity index (χ4n) is 1.88. The Kier molecular flexibility index (Phi) is 4.93. The third kappa shape index (κ3) is 4.03. The maximum absolute atomic E-state index is 10.6. The van der Waals surface area contributed by atoms with Gasteiger partial charge in [0.1, 0.15) is 12.4 Å². The summed E-state index contributed by atoms with van der Waals surface area (Å²) in [7, 11) is 0. The first-order valence-electron chi connectivity index (χ1n) is 6.38. The standard InChI is InChI=1S/C15H15BrN2O3/c1-10(17)14-7-4-12(16)8-15(14)21-9-11-2-5-13(6-3-11)18(19)20/h2-8,10H,9,17H2,1H3/t10-/m0/s1. The number of hydrogen-bond donors (Lipinski definition) is 1. The number of non-ortho nitro benzene ring substituents is 1. The summed E-state index contributed by atoms with van der Waals surface area (Å²) in [5, 5.41) is 10.6. The minimum Gasteiger partial charge on any atom is -0.489 e. The summed E-state index contributed by atoms with van der Waals surface area (Å²) < 4.78 is 6.69. The van der Waals surface area contributed by atoms with Gasteiger partial charge in [0.25, 0.3) is 5.69 Å².